The number of anilines is 1. The van der Waals surface area contributed by atoms with Gasteiger partial charge in [0.2, 0.25) is 0 Å². The molecule has 10 heteroatoms. The van der Waals surface area contributed by atoms with E-state index in [0.717, 1.165) is 5.69 Å². The number of nitrogens with zero attached hydrogens (tertiary/aromatic N) is 4. The number of nitrogens with one attached hydrogen (secondary N) is 1. The molecule has 218 valence electrons. The molecule has 0 aliphatic heterocycles. The fourth-order valence-electron chi connectivity index (χ4n) is 4.20. The van der Waals surface area contributed by atoms with E-state index < -0.39 is 5.91 Å². The van der Waals surface area contributed by atoms with Crippen molar-refractivity contribution in [1.82, 2.24) is 14.8 Å². The minimum atomic E-state index is -0.446. The summed E-state index contributed by atoms with van der Waals surface area (Å²) in [6.45, 7) is 12.0. The molecule has 0 bridgehead atoms. The Morgan fingerprint density at radius 3 is 2.36 bits per heavy atom. The van der Waals surface area contributed by atoms with Crippen molar-refractivity contribution >= 4 is 29.9 Å². The van der Waals surface area contributed by atoms with E-state index in [2.05, 4.69) is 41.0 Å². The van der Waals surface area contributed by atoms with Crippen LogP contribution in [0.5, 0.6) is 23.0 Å². The summed E-state index contributed by atoms with van der Waals surface area (Å²) in [6, 6.07) is 14.9. The molecule has 0 unspecified atom stereocenters. The van der Waals surface area contributed by atoms with Crippen LogP contribution in [-0.2, 0) is 0 Å². The van der Waals surface area contributed by atoms with Gasteiger partial charge in [-0.05, 0) is 68.5 Å². The van der Waals surface area contributed by atoms with Gasteiger partial charge in [0.1, 0.15) is 17.3 Å². The maximum absolute atomic E-state index is 13.2. The third kappa shape index (κ3) is 6.60. The summed E-state index contributed by atoms with van der Waals surface area (Å²) < 4.78 is 24.2. The number of carbonyl (C=O) groups excluding carboxylic acids is 1. The van der Waals surface area contributed by atoms with Gasteiger partial charge in [0, 0.05) is 11.6 Å². The lowest BCUT2D eigenvalue weighted by Crippen LogP contribution is -2.15. The lowest BCUT2D eigenvalue weighted by molar-refractivity contribution is 0.101. The zero-order chi connectivity index (χ0) is 30.2. The molecule has 1 N–H and O–H groups in total. The number of amides is 1. The molecule has 2 aromatic heterocycles. The first-order valence-corrected chi connectivity index (χ1v) is 13.5. The van der Waals surface area contributed by atoms with Crippen LogP contribution in [-0.4, -0.2) is 48.2 Å². The highest BCUT2D eigenvalue weighted by molar-refractivity contribution is 6.04. The number of rotatable bonds is 12. The minimum Gasteiger partial charge on any atom is -0.493 e. The Hall–Kier alpha value is -5.12. The van der Waals surface area contributed by atoms with Crippen molar-refractivity contribution in [1.29, 1.82) is 0 Å². The van der Waals surface area contributed by atoms with E-state index in [0.29, 0.717) is 58.4 Å². The van der Waals surface area contributed by atoms with E-state index >= 15 is 0 Å². The Morgan fingerprint density at radius 1 is 1.07 bits per heavy atom. The Kier molecular flexibility index (Phi) is 9.59. The van der Waals surface area contributed by atoms with Crippen LogP contribution in [0.25, 0.3) is 11.4 Å². The first-order valence-electron chi connectivity index (χ1n) is 13.5. The molecule has 0 spiro atoms. The predicted octanol–water partition coefficient (Wildman–Crippen LogP) is 6.83. The quantitative estimate of drug-likeness (QED) is 0.147. The second kappa shape index (κ2) is 13.5. The third-order valence-electron chi connectivity index (χ3n) is 6.43. The molecule has 0 aliphatic rings. The van der Waals surface area contributed by atoms with E-state index in [-0.39, 0.29) is 5.69 Å². The predicted molar refractivity (Wildman–Crippen MR) is 164 cm³/mol. The number of aromatic nitrogens is 3. The highest BCUT2D eigenvalue weighted by Gasteiger charge is 2.20. The van der Waals surface area contributed by atoms with Gasteiger partial charge in [-0.1, -0.05) is 26.0 Å². The number of methoxy groups -OCH3 is 2. The number of carbonyl (C=O) groups is 1. The number of benzene rings is 2. The molecule has 4 aromatic rings. The molecule has 0 aliphatic carbocycles. The molecule has 1 amide bonds. The van der Waals surface area contributed by atoms with Gasteiger partial charge in [0.25, 0.3) is 5.91 Å². The molecule has 0 radical (unpaired) electrons. The molecule has 0 fully saturated rings. The average Bonchev–Trinajstić information content (AvgIpc) is 3.44. The largest absolute Gasteiger partial charge is 0.493 e. The van der Waals surface area contributed by atoms with Crippen molar-refractivity contribution in [3.8, 4) is 28.7 Å². The second-order valence-electron chi connectivity index (χ2n) is 9.44. The molecule has 10 nitrogen and oxygen atoms in total. The van der Waals surface area contributed by atoms with Crippen LogP contribution in [0.3, 0.4) is 0 Å². The van der Waals surface area contributed by atoms with Crippen LogP contribution in [0, 0.1) is 0 Å². The first kappa shape index (κ1) is 29.9. The van der Waals surface area contributed by atoms with E-state index in [1.54, 1.807) is 55.4 Å². The third-order valence-corrected chi connectivity index (χ3v) is 6.43. The molecule has 0 saturated heterocycles. The maximum atomic E-state index is 13.2. The normalized spacial score (nSPS) is 11.3. The summed E-state index contributed by atoms with van der Waals surface area (Å²) >= 11 is 0. The van der Waals surface area contributed by atoms with Gasteiger partial charge in [-0.2, -0.15) is 5.10 Å². The van der Waals surface area contributed by atoms with Crippen LogP contribution in [0.1, 0.15) is 55.2 Å². The Labute approximate surface area is 245 Å². The van der Waals surface area contributed by atoms with Gasteiger partial charge in [0.05, 0.1) is 44.6 Å². The lowest BCUT2D eigenvalue weighted by atomic mass is 10.0. The highest BCUT2D eigenvalue weighted by atomic mass is 16.5. The van der Waals surface area contributed by atoms with Crippen LogP contribution in [0.2, 0.25) is 0 Å². The number of hydrogen-bond acceptors (Lipinski definition) is 8. The van der Waals surface area contributed by atoms with Crippen LogP contribution < -0.4 is 24.3 Å². The topological polar surface area (TPSA) is 109 Å². The van der Waals surface area contributed by atoms with E-state index in [1.165, 1.54) is 11.8 Å². The number of ether oxygens (including phenoxy) is 4. The number of aliphatic imine (C=N–C) groups is 1. The molecule has 2 heterocycles. The molecule has 2 aromatic carbocycles. The summed E-state index contributed by atoms with van der Waals surface area (Å²) in [5.41, 5.74) is 3.43. The number of pyridine rings is 1. The molecular weight excluding hydrogens is 534 g/mol. The van der Waals surface area contributed by atoms with Crippen molar-refractivity contribution in [3.05, 3.63) is 83.8 Å². The minimum absolute atomic E-state index is 0.154. The fourth-order valence-corrected chi connectivity index (χ4v) is 4.20. The first-order chi connectivity index (χ1) is 20.3. The van der Waals surface area contributed by atoms with E-state index in [1.807, 2.05) is 38.1 Å². The second-order valence-corrected chi connectivity index (χ2v) is 9.44. The number of hydrogen-bond donors (Lipinski definition) is 1. The zero-order valence-corrected chi connectivity index (χ0v) is 24.7. The summed E-state index contributed by atoms with van der Waals surface area (Å²) in [5, 5.41) is 7.29. The van der Waals surface area contributed by atoms with Gasteiger partial charge >= 0.3 is 0 Å². The Balaban J connectivity index is 1.51. The molecular formula is C32H35N5O5. The summed E-state index contributed by atoms with van der Waals surface area (Å²) in [5.74, 6) is 2.70. The van der Waals surface area contributed by atoms with Gasteiger partial charge in [0.15, 0.2) is 22.9 Å². The standard InChI is InChI=1S/C32H35N5O5/c1-8-26(24-16-27(39-6)28(40-7)17-25(24)33-5)42-23-14-15-30(34-18-23)35-32(38)31-29(41-9-2)19-37(36-31)22-12-10-21(11-13-22)20(3)4/h8,10-20H,5,9H2,1-4,6-7H3,(H,34,35,38)/b26-8+. The smallest absolute Gasteiger partial charge is 0.281 e. The van der Waals surface area contributed by atoms with Crippen molar-refractivity contribution in [2.45, 2.75) is 33.6 Å². The van der Waals surface area contributed by atoms with Gasteiger partial charge in [-0.15, -0.1) is 0 Å². The fraction of sp³-hybridized carbons (Fsp3) is 0.250. The zero-order valence-electron chi connectivity index (χ0n) is 24.7. The van der Waals surface area contributed by atoms with Crippen molar-refractivity contribution < 1.29 is 23.7 Å². The van der Waals surface area contributed by atoms with Crippen molar-refractivity contribution in [2.24, 2.45) is 4.99 Å². The van der Waals surface area contributed by atoms with Gasteiger partial charge in [-0.25, -0.2) is 9.67 Å². The molecule has 4 rings (SSSR count). The van der Waals surface area contributed by atoms with Crippen LogP contribution >= 0.6 is 0 Å². The lowest BCUT2D eigenvalue weighted by Gasteiger charge is -2.15. The number of allylic oxidation sites excluding steroid dienone is 1. The van der Waals surface area contributed by atoms with Crippen LogP contribution in [0.4, 0.5) is 11.5 Å². The highest BCUT2D eigenvalue weighted by Crippen LogP contribution is 2.38. The van der Waals surface area contributed by atoms with E-state index in [4.69, 9.17) is 18.9 Å². The molecule has 0 atom stereocenters. The SMILES string of the molecule is C=Nc1cc(OC)c(OC)cc1/C(=C\C)Oc1ccc(NC(=O)c2nn(-c3ccc(C(C)C)cc3)cc2OCC)nc1. The summed E-state index contributed by atoms with van der Waals surface area (Å²) in [6.07, 6.45) is 5.01. The van der Waals surface area contributed by atoms with Crippen LogP contribution in [0.15, 0.2) is 72.0 Å². The van der Waals surface area contributed by atoms with E-state index in [9.17, 15) is 4.79 Å². The summed E-state index contributed by atoms with van der Waals surface area (Å²) in [4.78, 5) is 21.7. The van der Waals surface area contributed by atoms with Gasteiger partial charge in [-0.3, -0.25) is 9.79 Å². The van der Waals surface area contributed by atoms with Gasteiger partial charge < -0.3 is 24.3 Å². The summed E-state index contributed by atoms with van der Waals surface area (Å²) in [7, 11) is 3.11. The van der Waals surface area contributed by atoms with Crippen molar-refractivity contribution in [3.63, 3.8) is 0 Å². The maximum Gasteiger partial charge on any atom is 0.281 e. The Bertz CT molecular complexity index is 1570. The molecule has 42 heavy (non-hydrogen) atoms. The average molecular weight is 570 g/mol. The molecule has 0 saturated carbocycles. The Morgan fingerprint density at radius 2 is 1.79 bits per heavy atom. The van der Waals surface area contributed by atoms with Crippen molar-refractivity contribution in [2.75, 3.05) is 26.1 Å². The monoisotopic (exact) mass is 569 g/mol.